The van der Waals surface area contributed by atoms with Gasteiger partial charge in [0.05, 0.1) is 14.7 Å². The Hall–Kier alpha value is -3.00. The monoisotopic (exact) mass is 357 g/mol. The molecule has 0 aliphatic rings. The molecule has 8 heteroatoms. The normalized spacial score (nSPS) is 10.6. The molecule has 0 bridgehead atoms. The van der Waals surface area contributed by atoms with Crippen molar-refractivity contribution in [3.05, 3.63) is 61.8 Å². The van der Waals surface area contributed by atoms with Crippen molar-refractivity contribution in [2.24, 2.45) is 0 Å². The molecule has 0 aliphatic carbocycles. The summed E-state index contributed by atoms with van der Waals surface area (Å²) in [7, 11) is 0. The summed E-state index contributed by atoms with van der Waals surface area (Å²) >= 11 is 1.06. The minimum Gasteiger partial charge on any atom is -0.338 e. The summed E-state index contributed by atoms with van der Waals surface area (Å²) in [5, 5.41) is 17.4. The lowest BCUT2D eigenvalue weighted by atomic mass is 10.1. The predicted molar refractivity (Wildman–Crippen MR) is 95.0 cm³/mol. The first-order valence-corrected chi connectivity index (χ1v) is 8.41. The third kappa shape index (κ3) is 3.58. The number of carbonyl (C=O) groups excluding carboxylic acids is 1. The van der Waals surface area contributed by atoms with Gasteiger partial charge >= 0.3 is 0 Å². The van der Waals surface area contributed by atoms with Gasteiger partial charge in [-0.1, -0.05) is 36.3 Å². The molecule has 2 heterocycles. The molecule has 7 nitrogen and oxygen atoms in total. The molecule has 0 aliphatic heterocycles. The van der Waals surface area contributed by atoms with Crippen molar-refractivity contribution in [3.63, 3.8) is 0 Å². The Morgan fingerprint density at radius 2 is 2.04 bits per heavy atom. The van der Waals surface area contributed by atoms with Crippen LogP contribution in [0, 0.1) is 17.0 Å². The third-order valence-corrected chi connectivity index (χ3v) is 4.76. The summed E-state index contributed by atoms with van der Waals surface area (Å²) in [5.41, 5.74) is 2.63. The molecular formula is C17H15N3O4S. The summed E-state index contributed by atoms with van der Waals surface area (Å²) in [4.78, 5) is 23.3. The molecule has 0 radical (unpaired) electrons. The zero-order valence-corrected chi connectivity index (χ0v) is 14.4. The van der Waals surface area contributed by atoms with Crippen LogP contribution in [0.4, 0.5) is 11.6 Å². The highest BCUT2D eigenvalue weighted by atomic mass is 32.1. The number of hydrogen-bond acceptors (Lipinski definition) is 6. The number of thiophene rings is 1. The molecule has 0 spiro atoms. The number of carbonyl (C=O) groups is 1. The van der Waals surface area contributed by atoms with Gasteiger partial charge in [0.1, 0.15) is 5.69 Å². The fourth-order valence-corrected chi connectivity index (χ4v) is 3.20. The molecule has 25 heavy (non-hydrogen) atoms. The van der Waals surface area contributed by atoms with E-state index in [0.717, 1.165) is 23.3 Å². The molecule has 0 saturated heterocycles. The van der Waals surface area contributed by atoms with Gasteiger partial charge in [-0.05, 0) is 18.9 Å². The van der Waals surface area contributed by atoms with E-state index in [-0.39, 0.29) is 16.4 Å². The summed E-state index contributed by atoms with van der Waals surface area (Å²) in [6.07, 6.45) is 0.951. The van der Waals surface area contributed by atoms with Gasteiger partial charge in [0.25, 0.3) is 11.6 Å². The van der Waals surface area contributed by atoms with Gasteiger partial charge < -0.3 is 4.52 Å². The molecular weight excluding hydrogens is 342 g/mol. The number of nitrogens with one attached hydrogen (secondary N) is 1. The topological polar surface area (TPSA) is 98.3 Å². The Morgan fingerprint density at radius 3 is 2.64 bits per heavy atom. The maximum atomic E-state index is 12.2. The lowest BCUT2D eigenvalue weighted by Gasteiger charge is -1.98. The number of hydrogen-bond donors (Lipinski definition) is 1. The van der Waals surface area contributed by atoms with Gasteiger partial charge in [0, 0.05) is 17.7 Å². The maximum absolute atomic E-state index is 12.2. The minimum absolute atomic E-state index is 0.0653. The van der Waals surface area contributed by atoms with E-state index >= 15 is 0 Å². The highest BCUT2D eigenvalue weighted by Crippen LogP contribution is 2.29. The van der Waals surface area contributed by atoms with Crippen molar-refractivity contribution in [1.29, 1.82) is 0 Å². The first kappa shape index (κ1) is 16.8. The lowest BCUT2D eigenvalue weighted by molar-refractivity contribution is -0.385. The van der Waals surface area contributed by atoms with Crippen LogP contribution in [0.15, 0.2) is 40.9 Å². The highest BCUT2D eigenvalue weighted by molar-refractivity contribution is 7.14. The van der Waals surface area contributed by atoms with Crippen molar-refractivity contribution in [1.82, 2.24) is 5.16 Å². The van der Waals surface area contributed by atoms with Crippen LogP contribution in [-0.2, 0) is 6.42 Å². The third-order valence-electron chi connectivity index (χ3n) is 3.72. The Kier molecular flexibility index (Phi) is 4.62. The van der Waals surface area contributed by atoms with Crippen molar-refractivity contribution in [2.75, 3.05) is 5.32 Å². The fraction of sp³-hybridized carbons (Fsp3) is 0.176. The van der Waals surface area contributed by atoms with E-state index in [2.05, 4.69) is 17.4 Å². The van der Waals surface area contributed by atoms with Crippen molar-refractivity contribution >= 4 is 28.8 Å². The quantitative estimate of drug-likeness (QED) is 0.538. The molecule has 1 amide bonds. The zero-order valence-electron chi connectivity index (χ0n) is 13.6. The smallest absolute Gasteiger partial charge is 0.283 e. The number of amides is 1. The highest BCUT2D eigenvalue weighted by Gasteiger charge is 2.20. The summed E-state index contributed by atoms with van der Waals surface area (Å²) in [6, 6.07) is 10.8. The van der Waals surface area contributed by atoms with E-state index in [4.69, 9.17) is 4.52 Å². The summed E-state index contributed by atoms with van der Waals surface area (Å²) < 4.78 is 5.14. The van der Waals surface area contributed by atoms with Crippen LogP contribution in [0.3, 0.4) is 0 Å². The number of anilines is 1. The van der Waals surface area contributed by atoms with Gasteiger partial charge in [-0.15, -0.1) is 11.3 Å². The van der Waals surface area contributed by atoms with Crippen molar-refractivity contribution in [3.8, 4) is 11.3 Å². The lowest BCUT2D eigenvalue weighted by Crippen LogP contribution is -2.09. The van der Waals surface area contributed by atoms with Gasteiger partial charge in [-0.2, -0.15) is 0 Å². The predicted octanol–water partition coefficient (Wildman–Crippen LogP) is 4.43. The van der Waals surface area contributed by atoms with Crippen molar-refractivity contribution in [2.45, 2.75) is 20.3 Å². The molecule has 2 aromatic heterocycles. The van der Waals surface area contributed by atoms with Crippen LogP contribution < -0.4 is 5.32 Å². The van der Waals surface area contributed by atoms with Crippen LogP contribution >= 0.6 is 11.3 Å². The number of nitro groups is 1. The van der Waals surface area contributed by atoms with Crippen LogP contribution in [0.2, 0.25) is 0 Å². The van der Waals surface area contributed by atoms with E-state index in [9.17, 15) is 14.9 Å². The Labute approximate surface area is 147 Å². The maximum Gasteiger partial charge on any atom is 0.283 e. The van der Waals surface area contributed by atoms with Gasteiger partial charge in [-0.3, -0.25) is 20.2 Å². The molecule has 3 aromatic rings. The fourth-order valence-electron chi connectivity index (χ4n) is 2.32. The molecule has 128 valence electrons. The van der Waals surface area contributed by atoms with E-state index in [1.807, 2.05) is 24.3 Å². The average molecular weight is 357 g/mol. The van der Waals surface area contributed by atoms with E-state index in [1.54, 1.807) is 13.0 Å². The van der Waals surface area contributed by atoms with E-state index < -0.39 is 10.8 Å². The SMILES string of the molecule is CCc1ccc(-c2cc(NC(=O)c3cc([N+](=O)[O-])c(C)s3)on2)cc1. The van der Waals surface area contributed by atoms with Crippen LogP contribution in [0.25, 0.3) is 11.3 Å². The molecule has 1 N–H and O–H groups in total. The Morgan fingerprint density at radius 1 is 1.32 bits per heavy atom. The number of aromatic nitrogens is 1. The standard InChI is InChI=1S/C17H15N3O4S/c1-3-11-4-6-12(7-5-11)13-8-16(24-19-13)18-17(21)15-9-14(20(22)23)10(2)25-15/h4-9H,3H2,1-2H3,(H,18,21). The summed E-state index contributed by atoms with van der Waals surface area (Å²) in [5.74, 6) is -0.279. The Bertz CT molecular complexity index is 928. The Balaban J connectivity index is 1.75. The van der Waals surface area contributed by atoms with Crippen LogP contribution in [0.1, 0.15) is 27.0 Å². The molecule has 0 fully saturated rings. The van der Waals surface area contributed by atoms with Gasteiger partial charge in [0.15, 0.2) is 0 Å². The summed E-state index contributed by atoms with van der Waals surface area (Å²) in [6.45, 7) is 3.68. The van der Waals surface area contributed by atoms with Crippen molar-refractivity contribution < 1.29 is 14.2 Å². The number of benzene rings is 1. The number of aryl methyl sites for hydroxylation is 2. The molecule has 0 atom stereocenters. The minimum atomic E-state index is -0.505. The second kappa shape index (κ2) is 6.86. The second-order valence-electron chi connectivity index (χ2n) is 5.39. The number of nitrogens with zero attached hydrogens (tertiary/aromatic N) is 2. The van der Waals surface area contributed by atoms with Gasteiger partial charge in [-0.25, -0.2) is 0 Å². The van der Waals surface area contributed by atoms with Crippen LogP contribution in [-0.4, -0.2) is 16.0 Å². The largest absolute Gasteiger partial charge is 0.338 e. The molecule has 0 saturated carbocycles. The van der Waals surface area contributed by atoms with Crippen LogP contribution in [0.5, 0.6) is 0 Å². The van der Waals surface area contributed by atoms with E-state index in [0.29, 0.717) is 10.6 Å². The molecule has 1 aromatic carbocycles. The molecule has 3 rings (SSSR count). The number of rotatable bonds is 5. The average Bonchev–Trinajstić information content (AvgIpc) is 3.21. The van der Waals surface area contributed by atoms with E-state index in [1.165, 1.54) is 11.6 Å². The van der Waals surface area contributed by atoms with Gasteiger partial charge in [0.2, 0.25) is 5.88 Å². The first-order chi connectivity index (χ1) is 12.0. The second-order valence-corrected chi connectivity index (χ2v) is 6.65. The first-order valence-electron chi connectivity index (χ1n) is 7.60. The zero-order chi connectivity index (χ0) is 18.0. The molecule has 0 unspecified atom stereocenters.